The zero-order chi connectivity index (χ0) is 19.4. The molecule has 1 heterocycles. The first-order valence-corrected chi connectivity index (χ1v) is 8.71. The molecule has 2 amide bonds. The molecule has 0 N–H and O–H groups in total. The highest BCUT2D eigenvalue weighted by atomic mass is 19.1. The van der Waals surface area contributed by atoms with Crippen molar-refractivity contribution in [2.24, 2.45) is 0 Å². The van der Waals surface area contributed by atoms with Crippen molar-refractivity contribution in [3.63, 3.8) is 0 Å². The van der Waals surface area contributed by atoms with Gasteiger partial charge in [-0.3, -0.25) is 9.59 Å². The van der Waals surface area contributed by atoms with Gasteiger partial charge in [0, 0.05) is 38.7 Å². The van der Waals surface area contributed by atoms with Crippen LogP contribution in [-0.4, -0.2) is 47.8 Å². The Morgan fingerprint density at radius 3 is 2.19 bits per heavy atom. The van der Waals surface area contributed by atoms with Crippen LogP contribution in [0.1, 0.15) is 22.3 Å². The zero-order valence-corrected chi connectivity index (χ0v) is 14.6. The van der Waals surface area contributed by atoms with Crippen molar-refractivity contribution >= 4 is 11.8 Å². The van der Waals surface area contributed by atoms with E-state index in [0.717, 1.165) is 12.1 Å². The van der Waals surface area contributed by atoms with Crippen molar-refractivity contribution in [3.8, 4) is 0 Å². The third-order valence-electron chi connectivity index (χ3n) is 4.65. The quantitative estimate of drug-likeness (QED) is 0.823. The summed E-state index contributed by atoms with van der Waals surface area (Å²) in [7, 11) is 0. The topological polar surface area (TPSA) is 40.6 Å². The molecule has 0 spiro atoms. The summed E-state index contributed by atoms with van der Waals surface area (Å²) in [6.07, 6.45) is 0.281. The van der Waals surface area contributed by atoms with Gasteiger partial charge in [0.1, 0.15) is 17.5 Å². The minimum Gasteiger partial charge on any atom is -0.339 e. The van der Waals surface area contributed by atoms with Gasteiger partial charge in [0.05, 0.1) is 5.56 Å². The minimum atomic E-state index is -0.664. The van der Waals surface area contributed by atoms with Gasteiger partial charge < -0.3 is 9.80 Å². The lowest BCUT2D eigenvalue weighted by Gasteiger charge is -2.35. The van der Waals surface area contributed by atoms with Gasteiger partial charge in [0.15, 0.2) is 0 Å². The number of amides is 2. The largest absolute Gasteiger partial charge is 0.339 e. The predicted molar refractivity (Wildman–Crippen MR) is 93.6 cm³/mol. The maximum Gasteiger partial charge on any atom is 0.256 e. The fourth-order valence-corrected chi connectivity index (χ4v) is 3.09. The molecule has 0 saturated carbocycles. The molecule has 3 rings (SSSR count). The van der Waals surface area contributed by atoms with Crippen LogP contribution < -0.4 is 0 Å². The maximum atomic E-state index is 13.8. The van der Waals surface area contributed by atoms with Crippen molar-refractivity contribution in [1.82, 2.24) is 9.80 Å². The molecule has 0 bridgehead atoms. The molecule has 1 saturated heterocycles. The highest BCUT2D eigenvalue weighted by molar-refractivity contribution is 5.94. The number of aryl methyl sites for hydroxylation is 1. The molecule has 0 aromatic heterocycles. The second-order valence-corrected chi connectivity index (χ2v) is 6.39. The highest BCUT2D eigenvalue weighted by Crippen LogP contribution is 2.15. The van der Waals surface area contributed by atoms with E-state index in [2.05, 4.69) is 0 Å². The molecule has 0 atom stereocenters. The maximum absolute atomic E-state index is 13.8. The first-order chi connectivity index (χ1) is 13.0. The van der Waals surface area contributed by atoms with E-state index in [1.807, 2.05) is 0 Å². The third kappa shape index (κ3) is 4.48. The van der Waals surface area contributed by atoms with Crippen molar-refractivity contribution in [3.05, 3.63) is 71.0 Å². The number of carbonyl (C=O) groups is 2. The Kier molecular flexibility index (Phi) is 5.78. The zero-order valence-electron chi connectivity index (χ0n) is 14.6. The van der Waals surface area contributed by atoms with Crippen molar-refractivity contribution in [2.75, 3.05) is 26.2 Å². The van der Waals surface area contributed by atoms with Gasteiger partial charge in [-0.2, -0.15) is 0 Å². The molecule has 2 aromatic rings. The molecule has 0 unspecified atom stereocenters. The van der Waals surface area contributed by atoms with E-state index in [0.29, 0.717) is 26.2 Å². The van der Waals surface area contributed by atoms with Crippen LogP contribution in [0, 0.1) is 17.5 Å². The fraction of sp³-hybridized carbons (Fsp3) is 0.300. The molecule has 1 fully saturated rings. The monoisotopic (exact) mass is 376 g/mol. The standard InChI is InChI=1S/C20H19F3N2O2/c21-15-7-5-14(18(23)13-15)6-8-19(26)24-9-11-25(12-10-24)20(27)16-3-1-2-4-17(16)22/h1-5,7,13H,6,8-12H2. The van der Waals surface area contributed by atoms with Crippen LogP contribution in [0.2, 0.25) is 0 Å². The van der Waals surface area contributed by atoms with Gasteiger partial charge in [-0.05, 0) is 30.2 Å². The molecule has 0 aliphatic carbocycles. The molecule has 2 aromatic carbocycles. The van der Waals surface area contributed by atoms with Gasteiger partial charge in [0.25, 0.3) is 5.91 Å². The lowest BCUT2D eigenvalue weighted by molar-refractivity contribution is -0.132. The first kappa shape index (κ1) is 18.9. The average Bonchev–Trinajstić information content (AvgIpc) is 2.67. The molecule has 7 heteroatoms. The summed E-state index contributed by atoms with van der Waals surface area (Å²) in [5, 5.41) is 0. The van der Waals surface area contributed by atoms with Gasteiger partial charge >= 0.3 is 0 Å². The Labute approximate surface area is 155 Å². The first-order valence-electron chi connectivity index (χ1n) is 8.71. The summed E-state index contributed by atoms with van der Waals surface area (Å²) in [6.45, 7) is 1.30. The molecular weight excluding hydrogens is 357 g/mol. The molecule has 1 aliphatic heterocycles. The predicted octanol–water partition coefficient (Wildman–Crippen LogP) is 3.02. The number of hydrogen-bond donors (Lipinski definition) is 0. The van der Waals surface area contributed by atoms with E-state index < -0.39 is 23.4 Å². The second kappa shape index (κ2) is 8.24. The number of rotatable bonds is 4. The Balaban J connectivity index is 1.52. The Bertz CT molecular complexity index is 849. The van der Waals surface area contributed by atoms with E-state index in [4.69, 9.17) is 0 Å². The van der Waals surface area contributed by atoms with Crippen molar-refractivity contribution in [1.29, 1.82) is 0 Å². The van der Waals surface area contributed by atoms with E-state index in [9.17, 15) is 22.8 Å². The van der Waals surface area contributed by atoms with Gasteiger partial charge in [-0.25, -0.2) is 13.2 Å². The van der Waals surface area contributed by atoms with Gasteiger partial charge in [-0.1, -0.05) is 18.2 Å². The summed E-state index contributed by atoms with van der Waals surface area (Å²) in [4.78, 5) is 27.8. The number of nitrogens with zero attached hydrogens (tertiary/aromatic N) is 2. The van der Waals surface area contributed by atoms with Crippen LogP contribution >= 0.6 is 0 Å². The van der Waals surface area contributed by atoms with Gasteiger partial charge in [-0.15, -0.1) is 0 Å². The molecule has 4 nitrogen and oxygen atoms in total. The molecule has 0 radical (unpaired) electrons. The number of halogens is 3. The summed E-state index contributed by atoms with van der Waals surface area (Å²) >= 11 is 0. The van der Waals surface area contributed by atoms with E-state index in [-0.39, 0.29) is 29.9 Å². The van der Waals surface area contributed by atoms with Gasteiger partial charge in [0.2, 0.25) is 5.91 Å². The lowest BCUT2D eigenvalue weighted by atomic mass is 10.1. The van der Waals surface area contributed by atoms with Crippen LogP contribution in [0.25, 0.3) is 0 Å². The minimum absolute atomic E-state index is 0.0176. The number of piperazine rings is 1. The number of benzene rings is 2. The van der Waals surface area contributed by atoms with Crippen LogP contribution in [-0.2, 0) is 11.2 Å². The van der Waals surface area contributed by atoms with Crippen LogP contribution in [0.5, 0.6) is 0 Å². The summed E-state index contributed by atoms with van der Waals surface area (Å²) < 4.78 is 40.3. The number of hydrogen-bond acceptors (Lipinski definition) is 2. The second-order valence-electron chi connectivity index (χ2n) is 6.39. The van der Waals surface area contributed by atoms with Crippen LogP contribution in [0.15, 0.2) is 42.5 Å². The van der Waals surface area contributed by atoms with E-state index in [1.54, 1.807) is 11.0 Å². The summed E-state index contributed by atoms with van der Waals surface area (Å²) in [5.41, 5.74) is 0.308. The Morgan fingerprint density at radius 1 is 0.852 bits per heavy atom. The van der Waals surface area contributed by atoms with Crippen LogP contribution in [0.3, 0.4) is 0 Å². The molecule has 1 aliphatic rings. The van der Waals surface area contributed by atoms with Crippen molar-refractivity contribution in [2.45, 2.75) is 12.8 Å². The normalized spacial score (nSPS) is 14.3. The van der Waals surface area contributed by atoms with Crippen molar-refractivity contribution < 1.29 is 22.8 Å². The van der Waals surface area contributed by atoms with E-state index >= 15 is 0 Å². The summed E-state index contributed by atoms with van der Waals surface area (Å²) in [5.74, 6) is -2.44. The SMILES string of the molecule is O=C(CCc1ccc(F)cc1F)N1CCN(C(=O)c2ccccc2F)CC1. The van der Waals surface area contributed by atoms with Crippen LogP contribution in [0.4, 0.5) is 13.2 Å². The average molecular weight is 376 g/mol. The molecule has 27 heavy (non-hydrogen) atoms. The third-order valence-corrected chi connectivity index (χ3v) is 4.65. The smallest absolute Gasteiger partial charge is 0.256 e. The molecular formula is C20H19F3N2O2. The van der Waals surface area contributed by atoms with E-state index in [1.165, 1.54) is 29.2 Å². The Hall–Kier alpha value is -2.83. The lowest BCUT2D eigenvalue weighted by Crippen LogP contribution is -2.50. The highest BCUT2D eigenvalue weighted by Gasteiger charge is 2.26. The summed E-state index contributed by atoms with van der Waals surface area (Å²) in [6, 6.07) is 9.09. The molecule has 142 valence electrons. The fourth-order valence-electron chi connectivity index (χ4n) is 3.09. The Morgan fingerprint density at radius 2 is 1.52 bits per heavy atom. The number of carbonyl (C=O) groups excluding carboxylic acids is 2.